The van der Waals surface area contributed by atoms with E-state index in [9.17, 15) is 4.79 Å². The minimum absolute atomic E-state index is 0.0705. The Morgan fingerprint density at radius 2 is 2.12 bits per heavy atom. The number of nitrogens with zero attached hydrogens (tertiary/aromatic N) is 4. The van der Waals surface area contributed by atoms with E-state index in [0.717, 1.165) is 11.4 Å². The highest BCUT2D eigenvalue weighted by Gasteiger charge is 2.14. The normalized spacial score (nSPS) is 11.8. The van der Waals surface area contributed by atoms with Gasteiger partial charge in [-0.25, -0.2) is 4.68 Å². The van der Waals surface area contributed by atoms with Crippen LogP contribution in [0.15, 0.2) is 55.2 Å². The summed E-state index contributed by atoms with van der Waals surface area (Å²) in [7, 11) is 1.60. The number of amides is 1. The lowest BCUT2D eigenvalue weighted by Gasteiger charge is -2.12. The zero-order valence-electron chi connectivity index (χ0n) is 14.1. The number of hydrogen-bond donors (Lipinski definition) is 1. The van der Waals surface area contributed by atoms with E-state index in [1.807, 2.05) is 31.2 Å². The van der Waals surface area contributed by atoms with Crippen LogP contribution in [0.25, 0.3) is 5.69 Å². The fraction of sp³-hybridized carbons (Fsp3) is 0.222. The predicted molar refractivity (Wildman–Crippen MR) is 92.8 cm³/mol. The maximum Gasteiger partial charge on any atom is 0.254 e. The molecule has 2 heterocycles. The molecule has 128 valence electrons. The third-order valence-electron chi connectivity index (χ3n) is 3.69. The van der Waals surface area contributed by atoms with Crippen molar-refractivity contribution in [2.75, 3.05) is 7.11 Å². The van der Waals surface area contributed by atoms with Gasteiger partial charge in [0.2, 0.25) is 0 Å². The highest BCUT2D eigenvalue weighted by Crippen LogP contribution is 2.21. The molecule has 2 aromatic heterocycles. The summed E-state index contributed by atoms with van der Waals surface area (Å²) in [4.78, 5) is 20.7. The van der Waals surface area contributed by atoms with E-state index in [1.165, 1.54) is 6.20 Å². The summed E-state index contributed by atoms with van der Waals surface area (Å²) in [5, 5.41) is 7.21. The summed E-state index contributed by atoms with van der Waals surface area (Å²) in [6, 6.07) is 7.43. The number of carbonyl (C=O) groups is 1. The number of rotatable bonds is 6. The summed E-state index contributed by atoms with van der Waals surface area (Å²) >= 11 is 0. The lowest BCUT2D eigenvalue weighted by molar-refractivity contribution is 0.0940. The molecule has 0 spiro atoms. The van der Waals surface area contributed by atoms with Crippen molar-refractivity contribution in [3.8, 4) is 11.4 Å². The summed E-state index contributed by atoms with van der Waals surface area (Å²) in [5.41, 5.74) is 2.09. The molecule has 7 heteroatoms. The number of aromatic nitrogens is 4. The fourth-order valence-corrected chi connectivity index (χ4v) is 2.50. The highest BCUT2D eigenvalue weighted by atomic mass is 16.5. The summed E-state index contributed by atoms with van der Waals surface area (Å²) in [5.74, 6) is 0.506. The molecule has 0 radical (unpaired) electrons. The Morgan fingerprint density at radius 1 is 1.28 bits per heavy atom. The van der Waals surface area contributed by atoms with Gasteiger partial charge in [0.25, 0.3) is 5.91 Å². The van der Waals surface area contributed by atoms with Crippen molar-refractivity contribution in [2.45, 2.75) is 19.4 Å². The molecule has 0 saturated heterocycles. The third-order valence-corrected chi connectivity index (χ3v) is 3.69. The maximum absolute atomic E-state index is 12.4. The van der Waals surface area contributed by atoms with Crippen molar-refractivity contribution in [2.24, 2.45) is 0 Å². The molecule has 3 aromatic rings. The van der Waals surface area contributed by atoms with Crippen LogP contribution in [0.5, 0.6) is 5.75 Å². The maximum atomic E-state index is 12.4. The number of nitrogens with one attached hydrogen (secondary N) is 1. The second-order valence-corrected chi connectivity index (χ2v) is 5.62. The number of benzene rings is 1. The molecule has 1 N–H and O–H groups in total. The minimum Gasteiger partial charge on any atom is -0.494 e. The van der Waals surface area contributed by atoms with Gasteiger partial charge in [-0.15, -0.1) is 0 Å². The monoisotopic (exact) mass is 337 g/mol. The average Bonchev–Trinajstić information content (AvgIpc) is 3.12. The van der Waals surface area contributed by atoms with Crippen LogP contribution in [-0.4, -0.2) is 38.8 Å². The van der Waals surface area contributed by atoms with Gasteiger partial charge in [-0.2, -0.15) is 5.10 Å². The second-order valence-electron chi connectivity index (χ2n) is 5.62. The first-order chi connectivity index (χ1) is 12.2. The summed E-state index contributed by atoms with van der Waals surface area (Å²) < 4.78 is 6.95. The van der Waals surface area contributed by atoms with Crippen LogP contribution in [0.2, 0.25) is 0 Å². The molecule has 25 heavy (non-hydrogen) atoms. The van der Waals surface area contributed by atoms with Crippen LogP contribution >= 0.6 is 0 Å². The molecule has 0 saturated carbocycles. The summed E-state index contributed by atoms with van der Waals surface area (Å²) in [6.45, 7) is 1.93. The van der Waals surface area contributed by atoms with Gasteiger partial charge in [-0.3, -0.25) is 14.8 Å². The molecule has 0 bridgehead atoms. The van der Waals surface area contributed by atoms with Crippen LogP contribution in [0.3, 0.4) is 0 Å². The molecule has 1 atom stereocenters. The smallest absolute Gasteiger partial charge is 0.254 e. The van der Waals surface area contributed by atoms with Crippen molar-refractivity contribution in [1.82, 2.24) is 25.1 Å². The fourth-order valence-electron chi connectivity index (χ4n) is 2.50. The Labute approximate surface area is 145 Å². The lowest BCUT2D eigenvalue weighted by Crippen LogP contribution is -2.34. The molecule has 1 aromatic carbocycles. The molecular weight excluding hydrogens is 318 g/mol. The van der Waals surface area contributed by atoms with Crippen molar-refractivity contribution in [3.63, 3.8) is 0 Å². The van der Waals surface area contributed by atoms with Crippen molar-refractivity contribution in [3.05, 3.63) is 66.5 Å². The third kappa shape index (κ3) is 4.00. The van der Waals surface area contributed by atoms with Gasteiger partial charge in [-0.1, -0.05) is 12.1 Å². The number of ether oxygens (including phenoxy) is 1. The van der Waals surface area contributed by atoms with E-state index in [1.54, 1.807) is 36.6 Å². The zero-order valence-corrected chi connectivity index (χ0v) is 14.1. The number of hydrogen-bond acceptors (Lipinski definition) is 5. The first-order valence-corrected chi connectivity index (χ1v) is 7.91. The topological polar surface area (TPSA) is 81.9 Å². The molecule has 1 unspecified atom stereocenters. The number of methoxy groups -OCH3 is 1. The molecule has 1 amide bonds. The van der Waals surface area contributed by atoms with Crippen LogP contribution in [0, 0.1) is 0 Å². The Kier molecular flexibility index (Phi) is 5.03. The van der Waals surface area contributed by atoms with Crippen LogP contribution in [0.1, 0.15) is 23.0 Å². The number of carbonyl (C=O) groups excluding carboxylic acids is 1. The highest BCUT2D eigenvalue weighted by molar-refractivity contribution is 5.94. The average molecular weight is 337 g/mol. The molecular formula is C18H19N5O2. The van der Waals surface area contributed by atoms with E-state index in [-0.39, 0.29) is 11.9 Å². The first kappa shape index (κ1) is 16.6. The molecule has 0 aliphatic rings. The van der Waals surface area contributed by atoms with Crippen molar-refractivity contribution in [1.29, 1.82) is 0 Å². The Morgan fingerprint density at radius 3 is 2.88 bits per heavy atom. The Bertz CT molecular complexity index is 847. The standard InChI is InChI=1S/C18H19N5O2/c1-13(9-15-11-19-7-8-20-15)22-18(24)14-10-21-23(12-14)16-5-3-4-6-17(16)25-2/h3-8,10-13H,9H2,1-2H3,(H,22,24). The van der Waals surface area contributed by atoms with Gasteiger partial charge in [0.05, 0.1) is 24.6 Å². The molecule has 0 aliphatic carbocycles. The number of para-hydroxylation sites is 2. The van der Waals surface area contributed by atoms with Crippen LogP contribution in [-0.2, 0) is 6.42 Å². The van der Waals surface area contributed by atoms with Gasteiger partial charge in [0, 0.05) is 37.3 Å². The quantitative estimate of drug-likeness (QED) is 0.744. The molecule has 0 fully saturated rings. The zero-order chi connectivity index (χ0) is 17.6. The molecule has 0 aliphatic heterocycles. The Hall–Kier alpha value is -3.22. The van der Waals surface area contributed by atoms with Gasteiger partial charge >= 0.3 is 0 Å². The SMILES string of the molecule is COc1ccccc1-n1cc(C(=O)NC(C)Cc2cnccn2)cn1. The second kappa shape index (κ2) is 7.57. The van der Waals surface area contributed by atoms with Gasteiger partial charge in [0.1, 0.15) is 11.4 Å². The molecule has 3 rings (SSSR count). The van der Waals surface area contributed by atoms with Gasteiger partial charge in [0.15, 0.2) is 0 Å². The van der Waals surface area contributed by atoms with Crippen molar-refractivity contribution >= 4 is 5.91 Å². The van der Waals surface area contributed by atoms with Gasteiger partial charge in [-0.05, 0) is 19.1 Å². The van der Waals surface area contributed by atoms with Crippen LogP contribution < -0.4 is 10.1 Å². The van der Waals surface area contributed by atoms with Crippen molar-refractivity contribution < 1.29 is 9.53 Å². The Balaban J connectivity index is 1.68. The lowest BCUT2D eigenvalue weighted by atomic mass is 10.2. The van der Waals surface area contributed by atoms with E-state index >= 15 is 0 Å². The van der Waals surface area contributed by atoms with Crippen LogP contribution in [0.4, 0.5) is 0 Å². The van der Waals surface area contributed by atoms with E-state index in [0.29, 0.717) is 17.7 Å². The predicted octanol–water partition coefficient (Wildman–Crippen LogP) is 2.03. The van der Waals surface area contributed by atoms with Gasteiger partial charge < -0.3 is 10.1 Å². The first-order valence-electron chi connectivity index (χ1n) is 7.91. The molecule has 7 nitrogen and oxygen atoms in total. The summed E-state index contributed by atoms with van der Waals surface area (Å²) in [6.07, 6.45) is 8.79. The van der Waals surface area contributed by atoms with E-state index in [2.05, 4.69) is 20.4 Å². The largest absolute Gasteiger partial charge is 0.494 e. The van der Waals surface area contributed by atoms with E-state index in [4.69, 9.17) is 4.74 Å². The minimum atomic E-state index is -0.183. The van der Waals surface area contributed by atoms with E-state index < -0.39 is 0 Å².